The molecule has 0 aromatic heterocycles. The molecule has 0 aliphatic heterocycles. The fourth-order valence-electron chi connectivity index (χ4n) is 1.34. The van der Waals surface area contributed by atoms with Gasteiger partial charge in [0.25, 0.3) is 0 Å². The summed E-state index contributed by atoms with van der Waals surface area (Å²) in [6.07, 6.45) is 0. The Balaban J connectivity index is 3.39. The molecule has 0 saturated carbocycles. The normalized spacial score (nSPS) is 10.8. The van der Waals surface area contributed by atoms with Crippen molar-refractivity contribution >= 4 is 23.6 Å². The number of nitrogens with zero attached hydrogens (tertiary/aromatic N) is 2. The molecule has 0 heterocycles. The number of carbonyl (C=O) groups is 1. The maximum atomic E-state index is 11.5. The summed E-state index contributed by atoms with van der Waals surface area (Å²) in [6.45, 7) is 0. The number of aromatic hydroxyl groups is 1. The molecule has 1 rings (SSSR count). The van der Waals surface area contributed by atoms with Gasteiger partial charge in [0.15, 0.2) is 11.7 Å². The van der Waals surface area contributed by atoms with Crippen LogP contribution >= 0.6 is 0 Å². The van der Waals surface area contributed by atoms with E-state index in [0.29, 0.717) is 0 Å². The molecule has 0 bridgehead atoms. The Labute approximate surface area is 114 Å². The molecule has 108 valence electrons. The first-order valence-electron chi connectivity index (χ1n) is 5.32. The number of ether oxygens (including phenoxy) is 2. The monoisotopic (exact) mass is 281 g/mol. The zero-order valence-electron chi connectivity index (χ0n) is 11.0. The number of nitrogens with two attached hydrogens (primary N) is 3. The van der Waals surface area contributed by atoms with Crippen molar-refractivity contribution in [2.75, 3.05) is 14.2 Å². The number of benzene rings is 1. The third-order valence-electron chi connectivity index (χ3n) is 2.18. The summed E-state index contributed by atoms with van der Waals surface area (Å²) >= 11 is 0. The Bertz CT molecular complexity index is 578. The molecule has 0 saturated heterocycles. The summed E-state index contributed by atoms with van der Waals surface area (Å²) in [5, 5.41) is 9.96. The van der Waals surface area contributed by atoms with Gasteiger partial charge in [-0.3, -0.25) is 0 Å². The predicted molar refractivity (Wildman–Crippen MR) is 73.1 cm³/mol. The summed E-state index contributed by atoms with van der Waals surface area (Å²) in [5.74, 6) is -1.48. The quantitative estimate of drug-likeness (QED) is 0.327. The van der Waals surface area contributed by atoms with Crippen LogP contribution in [0.2, 0.25) is 0 Å². The molecule has 0 atom stereocenters. The largest absolute Gasteiger partial charge is 0.505 e. The summed E-state index contributed by atoms with van der Waals surface area (Å²) < 4.78 is 9.53. The van der Waals surface area contributed by atoms with Crippen molar-refractivity contribution in [1.29, 1.82) is 0 Å². The van der Waals surface area contributed by atoms with E-state index < -0.39 is 11.7 Å². The summed E-state index contributed by atoms with van der Waals surface area (Å²) in [5.41, 5.74) is 15.6. The number of esters is 1. The molecule has 9 heteroatoms. The molecule has 7 N–H and O–H groups in total. The molecule has 0 fully saturated rings. The van der Waals surface area contributed by atoms with Gasteiger partial charge in [0.2, 0.25) is 5.96 Å². The molecule has 0 amide bonds. The lowest BCUT2D eigenvalue weighted by atomic mass is 10.1. The average Bonchev–Trinajstić information content (AvgIpc) is 2.39. The lowest BCUT2D eigenvalue weighted by Gasteiger charge is -2.08. The van der Waals surface area contributed by atoms with Crippen molar-refractivity contribution in [3.05, 3.63) is 17.7 Å². The van der Waals surface area contributed by atoms with Gasteiger partial charge in [0.1, 0.15) is 17.0 Å². The van der Waals surface area contributed by atoms with E-state index in [1.807, 2.05) is 0 Å². The maximum absolute atomic E-state index is 11.5. The first-order chi connectivity index (χ1) is 9.38. The minimum Gasteiger partial charge on any atom is -0.505 e. The second kappa shape index (κ2) is 6.27. The standard InChI is InChI=1S/C11H15N5O4/c1-19-5-3-6(9(18)20-2)8(17)7(4-5)15-11(14)16-10(12)13/h3-4,17H,1-2H3,(H6,12,13,14,15,16). The van der Waals surface area contributed by atoms with E-state index >= 15 is 0 Å². The number of carbonyl (C=O) groups excluding carboxylic acids is 1. The van der Waals surface area contributed by atoms with E-state index in [-0.39, 0.29) is 28.9 Å². The van der Waals surface area contributed by atoms with E-state index in [0.717, 1.165) is 0 Å². The van der Waals surface area contributed by atoms with Crippen LogP contribution in [0.25, 0.3) is 0 Å². The second-order valence-electron chi connectivity index (χ2n) is 3.54. The van der Waals surface area contributed by atoms with Crippen LogP contribution in [0.5, 0.6) is 11.5 Å². The summed E-state index contributed by atoms with van der Waals surface area (Å²) in [7, 11) is 2.57. The number of guanidine groups is 2. The first-order valence-corrected chi connectivity index (χ1v) is 5.32. The van der Waals surface area contributed by atoms with E-state index in [9.17, 15) is 9.90 Å². The smallest absolute Gasteiger partial charge is 0.341 e. The molecule has 1 aromatic carbocycles. The zero-order valence-corrected chi connectivity index (χ0v) is 11.0. The van der Waals surface area contributed by atoms with Gasteiger partial charge < -0.3 is 31.8 Å². The van der Waals surface area contributed by atoms with Gasteiger partial charge >= 0.3 is 5.97 Å². The Morgan fingerprint density at radius 3 is 2.40 bits per heavy atom. The van der Waals surface area contributed by atoms with E-state index in [2.05, 4.69) is 14.7 Å². The highest BCUT2D eigenvalue weighted by Crippen LogP contribution is 2.35. The van der Waals surface area contributed by atoms with Gasteiger partial charge in [0, 0.05) is 6.07 Å². The number of aliphatic imine (C=N–C) groups is 2. The maximum Gasteiger partial charge on any atom is 0.341 e. The minimum atomic E-state index is -0.752. The number of hydrogen-bond donors (Lipinski definition) is 4. The van der Waals surface area contributed by atoms with Gasteiger partial charge in [-0.05, 0) is 6.07 Å². The van der Waals surface area contributed by atoms with Crippen molar-refractivity contribution in [1.82, 2.24) is 0 Å². The van der Waals surface area contributed by atoms with Crippen LogP contribution in [0.3, 0.4) is 0 Å². The molecule has 0 aliphatic rings. The van der Waals surface area contributed by atoms with Gasteiger partial charge in [-0.15, -0.1) is 0 Å². The molecular weight excluding hydrogens is 266 g/mol. The van der Waals surface area contributed by atoms with Gasteiger partial charge in [-0.2, -0.15) is 4.99 Å². The second-order valence-corrected chi connectivity index (χ2v) is 3.54. The molecule has 0 aliphatic carbocycles. The SMILES string of the molecule is COC(=O)c1cc(OC)cc(N=C(N)N=C(N)N)c1O. The number of phenolic OH excluding ortho intramolecular Hbond substituents is 1. The van der Waals surface area contributed by atoms with E-state index in [1.165, 1.54) is 26.4 Å². The highest BCUT2D eigenvalue weighted by molar-refractivity contribution is 5.97. The van der Waals surface area contributed by atoms with Crippen LogP contribution < -0.4 is 21.9 Å². The lowest BCUT2D eigenvalue weighted by molar-refractivity contribution is 0.0597. The Kier molecular flexibility index (Phi) is 4.73. The molecule has 1 aromatic rings. The first kappa shape index (κ1) is 15.1. The van der Waals surface area contributed by atoms with Crippen LogP contribution in [-0.2, 0) is 4.74 Å². The van der Waals surface area contributed by atoms with Gasteiger partial charge in [-0.1, -0.05) is 0 Å². The topological polar surface area (TPSA) is 159 Å². The van der Waals surface area contributed by atoms with Crippen molar-refractivity contribution in [2.24, 2.45) is 27.2 Å². The van der Waals surface area contributed by atoms with Crippen LogP contribution in [0, 0.1) is 0 Å². The van der Waals surface area contributed by atoms with Crippen LogP contribution in [0.4, 0.5) is 5.69 Å². The molecule has 9 nitrogen and oxygen atoms in total. The Hall–Kier alpha value is -2.97. The zero-order chi connectivity index (χ0) is 15.3. The lowest BCUT2D eigenvalue weighted by Crippen LogP contribution is -2.26. The summed E-state index contributed by atoms with van der Waals surface area (Å²) in [6, 6.07) is 2.66. The van der Waals surface area contributed by atoms with E-state index in [4.69, 9.17) is 21.9 Å². The van der Waals surface area contributed by atoms with Crippen molar-refractivity contribution < 1.29 is 19.4 Å². The number of methoxy groups -OCH3 is 2. The summed E-state index contributed by atoms with van der Waals surface area (Å²) in [4.78, 5) is 18.8. The van der Waals surface area contributed by atoms with Crippen molar-refractivity contribution in [3.63, 3.8) is 0 Å². The molecule has 0 radical (unpaired) electrons. The predicted octanol–water partition coefficient (Wildman–Crippen LogP) is -0.593. The van der Waals surface area contributed by atoms with Crippen LogP contribution in [0.1, 0.15) is 10.4 Å². The molecular formula is C11H15N5O4. The Morgan fingerprint density at radius 2 is 1.90 bits per heavy atom. The molecule has 20 heavy (non-hydrogen) atoms. The highest BCUT2D eigenvalue weighted by atomic mass is 16.5. The Morgan fingerprint density at radius 1 is 1.25 bits per heavy atom. The molecule has 0 unspecified atom stereocenters. The average molecular weight is 281 g/mol. The van der Waals surface area contributed by atoms with Crippen molar-refractivity contribution in [3.8, 4) is 11.5 Å². The third-order valence-corrected chi connectivity index (χ3v) is 2.18. The number of rotatable bonds is 3. The third kappa shape index (κ3) is 3.51. The fourth-order valence-corrected chi connectivity index (χ4v) is 1.34. The fraction of sp³-hybridized carbons (Fsp3) is 0.182. The van der Waals surface area contributed by atoms with Gasteiger partial charge in [-0.25, -0.2) is 9.79 Å². The van der Waals surface area contributed by atoms with Crippen molar-refractivity contribution in [2.45, 2.75) is 0 Å². The highest BCUT2D eigenvalue weighted by Gasteiger charge is 2.17. The van der Waals surface area contributed by atoms with Crippen LogP contribution in [0.15, 0.2) is 22.1 Å². The van der Waals surface area contributed by atoms with E-state index in [1.54, 1.807) is 0 Å². The van der Waals surface area contributed by atoms with Crippen LogP contribution in [-0.4, -0.2) is 37.2 Å². The minimum absolute atomic E-state index is 0.0350. The number of phenols is 1. The number of hydrogen-bond acceptors (Lipinski definition) is 5. The van der Waals surface area contributed by atoms with Gasteiger partial charge in [0.05, 0.1) is 14.2 Å². The molecule has 0 spiro atoms.